The topological polar surface area (TPSA) is 89.8 Å². The van der Waals surface area contributed by atoms with Gasteiger partial charge in [-0.25, -0.2) is 5.43 Å². The second kappa shape index (κ2) is 8.86. The predicted molar refractivity (Wildman–Crippen MR) is 111 cm³/mol. The highest BCUT2D eigenvalue weighted by Crippen LogP contribution is 2.22. The van der Waals surface area contributed by atoms with Crippen LogP contribution in [0, 0.1) is 0 Å². The van der Waals surface area contributed by atoms with Gasteiger partial charge >= 0.3 is 0 Å². The van der Waals surface area contributed by atoms with E-state index in [9.17, 15) is 5.11 Å². The zero-order valence-electron chi connectivity index (χ0n) is 16.1. The Morgan fingerprint density at radius 3 is 1.96 bits per heavy atom. The molecule has 4 rings (SSSR count). The Morgan fingerprint density at radius 1 is 0.821 bits per heavy atom. The van der Waals surface area contributed by atoms with E-state index in [-0.39, 0.29) is 5.75 Å². The van der Waals surface area contributed by atoms with Crippen molar-refractivity contribution in [1.82, 2.24) is 15.0 Å². The normalized spacial score (nSPS) is 17.9. The summed E-state index contributed by atoms with van der Waals surface area (Å²) in [7, 11) is 0. The highest BCUT2D eigenvalue weighted by atomic mass is 16.3. The molecule has 1 aromatic carbocycles. The zero-order chi connectivity index (χ0) is 19.2. The molecule has 0 spiro atoms. The minimum atomic E-state index is 0.187. The molecule has 8 heteroatoms. The van der Waals surface area contributed by atoms with E-state index in [0.717, 1.165) is 38.1 Å². The molecule has 148 valence electrons. The van der Waals surface area contributed by atoms with Crippen molar-refractivity contribution >= 4 is 24.1 Å². The van der Waals surface area contributed by atoms with E-state index in [1.807, 2.05) is 6.07 Å². The summed E-state index contributed by atoms with van der Waals surface area (Å²) in [5.41, 5.74) is 3.56. The first-order chi connectivity index (χ1) is 13.8. The Hall–Kier alpha value is -2.90. The largest absolute Gasteiger partial charge is 0.507 e. The van der Waals surface area contributed by atoms with Crippen LogP contribution in [0.4, 0.5) is 17.8 Å². The van der Waals surface area contributed by atoms with Gasteiger partial charge in [0.2, 0.25) is 17.8 Å². The van der Waals surface area contributed by atoms with E-state index in [4.69, 9.17) is 4.98 Å². The molecule has 2 fully saturated rings. The van der Waals surface area contributed by atoms with Crippen LogP contribution in [0.5, 0.6) is 5.75 Å². The number of phenolic OH excluding ortho intramolecular Hbond substituents is 1. The molecule has 0 radical (unpaired) electrons. The lowest BCUT2D eigenvalue weighted by Gasteiger charge is -2.30. The Balaban J connectivity index is 1.56. The van der Waals surface area contributed by atoms with Crippen LogP contribution in [-0.2, 0) is 0 Å². The van der Waals surface area contributed by atoms with Crippen LogP contribution in [0.25, 0.3) is 0 Å². The third kappa shape index (κ3) is 4.49. The van der Waals surface area contributed by atoms with Crippen LogP contribution < -0.4 is 15.2 Å². The summed E-state index contributed by atoms with van der Waals surface area (Å²) < 4.78 is 0. The summed E-state index contributed by atoms with van der Waals surface area (Å²) in [6.07, 6.45) is 8.75. The van der Waals surface area contributed by atoms with Gasteiger partial charge in [0.05, 0.1) is 6.21 Å². The van der Waals surface area contributed by atoms with Crippen molar-refractivity contribution < 1.29 is 5.11 Å². The minimum absolute atomic E-state index is 0.187. The van der Waals surface area contributed by atoms with Crippen LogP contribution in [0.3, 0.4) is 0 Å². The van der Waals surface area contributed by atoms with Gasteiger partial charge in [-0.3, -0.25) is 0 Å². The second-order valence-electron chi connectivity index (χ2n) is 7.28. The van der Waals surface area contributed by atoms with E-state index >= 15 is 0 Å². The van der Waals surface area contributed by atoms with E-state index in [0.29, 0.717) is 11.5 Å². The number of benzene rings is 1. The number of hydrazone groups is 1. The number of nitrogens with one attached hydrogen (secondary N) is 1. The molecule has 2 aliphatic heterocycles. The second-order valence-corrected chi connectivity index (χ2v) is 7.28. The molecule has 2 aromatic rings. The quantitative estimate of drug-likeness (QED) is 0.608. The Bertz CT molecular complexity index is 778. The van der Waals surface area contributed by atoms with Gasteiger partial charge in [0.15, 0.2) is 0 Å². The van der Waals surface area contributed by atoms with Crippen molar-refractivity contribution in [3.8, 4) is 5.75 Å². The predicted octanol–water partition coefficient (Wildman–Crippen LogP) is 3.00. The van der Waals surface area contributed by atoms with Gasteiger partial charge in [0.25, 0.3) is 0 Å². The smallest absolute Gasteiger partial charge is 0.250 e. The highest BCUT2D eigenvalue weighted by molar-refractivity contribution is 5.83. The van der Waals surface area contributed by atoms with E-state index < -0.39 is 0 Å². The fourth-order valence-corrected chi connectivity index (χ4v) is 3.63. The summed E-state index contributed by atoms with van der Waals surface area (Å²) in [5, 5.41) is 14.1. The van der Waals surface area contributed by atoms with Crippen LogP contribution in [0.2, 0.25) is 0 Å². The van der Waals surface area contributed by atoms with Gasteiger partial charge in [0.1, 0.15) is 5.75 Å². The van der Waals surface area contributed by atoms with Gasteiger partial charge in [-0.05, 0) is 50.7 Å². The maximum atomic E-state index is 9.86. The molecule has 0 bridgehead atoms. The Labute approximate surface area is 165 Å². The lowest BCUT2D eigenvalue weighted by molar-refractivity contribution is 0.474. The average Bonchev–Trinajstić information content (AvgIpc) is 2.76. The summed E-state index contributed by atoms with van der Waals surface area (Å²) in [6, 6.07) is 7.06. The van der Waals surface area contributed by atoms with Crippen LogP contribution in [-0.4, -0.2) is 52.5 Å². The van der Waals surface area contributed by atoms with E-state index in [2.05, 4.69) is 30.3 Å². The van der Waals surface area contributed by atoms with Crippen molar-refractivity contribution in [1.29, 1.82) is 0 Å². The fraction of sp³-hybridized carbons (Fsp3) is 0.500. The maximum absolute atomic E-state index is 9.86. The Morgan fingerprint density at radius 2 is 1.39 bits per heavy atom. The highest BCUT2D eigenvalue weighted by Gasteiger charge is 2.20. The van der Waals surface area contributed by atoms with Gasteiger partial charge in [0, 0.05) is 31.7 Å². The molecule has 0 saturated carbocycles. The number of para-hydroxylation sites is 1. The van der Waals surface area contributed by atoms with E-state index in [1.165, 1.54) is 38.5 Å². The van der Waals surface area contributed by atoms with Crippen LogP contribution >= 0.6 is 0 Å². The van der Waals surface area contributed by atoms with Crippen molar-refractivity contribution in [3.63, 3.8) is 0 Å². The van der Waals surface area contributed by atoms with Crippen LogP contribution in [0.15, 0.2) is 29.4 Å². The van der Waals surface area contributed by atoms with Gasteiger partial charge in [-0.15, -0.1) is 0 Å². The third-order valence-corrected chi connectivity index (χ3v) is 5.19. The van der Waals surface area contributed by atoms with Gasteiger partial charge < -0.3 is 14.9 Å². The molecule has 0 atom stereocenters. The summed E-state index contributed by atoms with van der Waals surface area (Å²) in [5.74, 6) is 2.06. The monoisotopic (exact) mass is 381 g/mol. The Kier molecular flexibility index (Phi) is 5.84. The molecular formula is C20H27N7O. The summed E-state index contributed by atoms with van der Waals surface area (Å²) >= 11 is 0. The molecule has 28 heavy (non-hydrogen) atoms. The molecule has 2 N–H and O–H groups in total. The number of rotatable bonds is 5. The molecule has 1 aromatic heterocycles. The summed E-state index contributed by atoms with van der Waals surface area (Å²) in [6.45, 7) is 3.90. The number of hydrogen-bond acceptors (Lipinski definition) is 8. The van der Waals surface area contributed by atoms with Crippen molar-refractivity contribution in [3.05, 3.63) is 29.8 Å². The standard InChI is InChI=1S/C20H27N7O/c28-17-10-4-3-9-16(17)15-21-25-18-22-19(26-11-5-1-6-12-26)24-20(23-18)27-13-7-2-8-14-27/h3-4,9-10,15,28H,1-2,5-8,11-14H2,(H,22,23,24,25)/b21-15+. The summed E-state index contributed by atoms with van der Waals surface area (Å²) in [4.78, 5) is 18.4. The maximum Gasteiger partial charge on any atom is 0.250 e. The molecule has 2 saturated heterocycles. The van der Waals surface area contributed by atoms with Crippen molar-refractivity contribution in [2.24, 2.45) is 5.10 Å². The van der Waals surface area contributed by atoms with E-state index in [1.54, 1.807) is 24.4 Å². The first-order valence-electron chi connectivity index (χ1n) is 10.1. The average molecular weight is 381 g/mol. The number of aromatic hydroxyl groups is 1. The molecule has 8 nitrogen and oxygen atoms in total. The minimum Gasteiger partial charge on any atom is -0.507 e. The molecule has 2 aliphatic rings. The lowest BCUT2D eigenvalue weighted by Crippen LogP contribution is -2.34. The third-order valence-electron chi connectivity index (χ3n) is 5.19. The molecule has 0 amide bonds. The molecule has 3 heterocycles. The van der Waals surface area contributed by atoms with Gasteiger partial charge in [-0.1, -0.05) is 12.1 Å². The van der Waals surface area contributed by atoms with Crippen LogP contribution in [0.1, 0.15) is 44.1 Å². The number of phenols is 1. The molecule has 0 unspecified atom stereocenters. The number of anilines is 3. The number of hydrogen-bond donors (Lipinski definition) is 2. The van der Waals surface area contributed by atoms with Gasteiger partial charge in [-0.2, -0.15) is 20.1 Å². The van der Waals surface area contributed by atoms with Crippen molar-refractivity contribution in [2.45, 2.75) is 38.5 Å². The first kappa shape index (κ1) is 18.5. The SMILES string of the molecule is Oc1ccccc1/C=N/Nc1nc(N2CCCCC2)nc(N2CCCCC2)n1. The number of aromatic nitrogens is 3. The first-order valence-corrected chi connectivity index (χ1v) is 10.1. The fourth-order valence-electron chi connectivity index (χ4n) is 3.63. The van der Waals surface area contributed by atoms with Crippen molar-refractivity contribution in [2.75, 3.05) is 41.4 Å². The molecular weight excluding hydrogens is 354 g/mol. The number of piperidine rings is 2. The molecule has 0 aliphatic carbocycles. The number of nitrogens with zero attached hydrogens (tertiary/aromatic N) is 6. The zero-order valence-corrected chi connectivity index (χ0v) is 16.1. The lowest BCUT2D eigenvalue weighted by atomic mass is 10.1.